The lowest BCUT2D eigenvalue weighted by molar-refractivity contribution is 0.841. The van der Waals surface area contributed by atoms with E-state index in [0.717, 1.165) is 27.8 Å². The fraction of sp³-hybridized carbons (Fsp3) is 0. The largest absolute Gasteiger partial charge is 0.283 e. The molecule has 0 unspecified atom stereocenters. The molecule has 198 valence electrons. The number of rotatable bonds is 4. The van der Waals surface area contributed by atoms with Crippen molar-refractivity contribution >= 4 is 21.8 Å². The minimum absolute atomic E-state index is 0.314. The molecular weight excluding hydrogens is 522 g/mol. The SMILES string of the molecule is O=c1c2ccccc2n2c3cccc(-c4ccc(-c5nc(-c6ccccc6)nc(-c6ccccc6)n5)cc4)c3c(=O)n12. The maximum atomic E-state index is 13.6. The highest BCUT2D eigenvalue weighted by Crippen LogP contribution is 2.30. The van der Waals surface area contributed by atoms with Crippen LogP contribution in [-0.2, 0) is 0 Å². The van der Waals surface area contributed by atoms with Crippen LogP contribution in [0.15, 0.2) is 137 Å². The Bertz CT molecular complexity index is 2320. The topological polar surface area (TPSA) is 81.6 Å². The van der Waals surface area contributed by atoms with Crippen molar-refractivity contribution in [1.82, 2.24) is 24.0 Å². The molecule has 0 radical (unpaired) electrons. The third-order valence-corrected chi connectivity index (χ3v) is 7.59. The molecule has 42 heavy (non-hydrogen) atoms. The monoisotopic (exact) mass is 543 g/mol. The van der Waals surface area contributed by atoms with Crippen molar-refractivity contribution in [2.45, 2.75) is 0 Å². The van der Waals surface area contributed by atoms with E-state index < -0.39 is 0 Å². The van der Waals surface area contributed by atoms with E-state index in [1.807, 2.05) is 121 Å². The molecule has 0 atom stereocenters. The van der Waals surface area contributed by atoms with Gasteiger partial charge in [0.2, 0.25) is 0 Å². The molecule has 0 aliphatic rings. The highest BCUT2D eigenvalue weighted by Gasteiger charge is 2.20. The molecule has 8 aromatic rings. The minimum Gasteiger partial charge on any atom is -0.267 e. The van der Waals surface area contributed by atoms with Crippen LogP contribution in [0.3, 0.4) is 0 Å². The van der Waals surface area contributed by atoms with Crippen LogP contribution in [0.1, 0.15) is 0 Å². The molecule has 0 saturated heterocycles. The Hall–Kier alpha value is -5.95. The zero-order chi connectivity index (χ0) is 28.2. The van der Waals surface area contributed by atoms with Crippen molar-refractivity contribution in [2.75, 3.05) is 0 Å². The van der Waals surface area contributed by atoms with Gasteiger partial charge in [0.05, 0.1) is 21.8 Å². The van der Waals surface area contributed by atoms with E-state index in [2.05, 4.69) is 0 Å². The van der Waals surface area contributed by atoms with Crippen LogP contribution in [-0.4, -0.2) is 24.0 Å². The van der Waals surface area contributed by atoms with Crippen LogP contribution in [0.4, 0.5) is 0 Å². The zero-order valence-corrected chi connectivity index (χ0v) is 22.2. The quantitative estimate of drug-likeness (QED) is 0.258. The Balaban J connectivity index is 1.27. The average Bonchev–Trinajstić information content (AvgIpc) is 3.53. The fourth-order valence-electron chi connectivity index (χ4n) is 5.60. The zero-order valence-electron chi connectivity index (χ0n) is 22.2. The first kappa shape index (κ1) is 23.9. The summed E-state index contributed by atoms with van der Waals surface area (Å²) in [7, 11) is 0. The van der Waals surface area contributed by atoms with Crippen LogP contribution in [0.25, 0.3) is 67.1 Å². The molecule has 0 fully saturated rings. The van der Waals surface area contributed by atoms with Crippen molar-refractivity contribution in [3.63, 3.8) is 0 Å². The second kappa shape index (κ2) is 9.31. The molecule has 7 nitrogen and oxygen atoms in total. The van der Waals surface area contributed by atoms with Crippen molar-refractivity contribution in [1.29, 1.82) is 0 Å². The number of aromatic nitrogens is 5. The molecule has 3 aromatic heterocycles. The third kappa shape index (κ3) is 3.64. The molecule has 0 bridgehead atoms. The first-order valence-electron chi connectivity index (χ1n) is 13.6. The molecule has 8 rings (SSSR count). The predicted molar refractivity (Wildman–Crippen MR) is 165 cm³/mol. The molecule has 7 heteroatoms. The van der Waals surface area contributed by atoms with Crippen molar-refractivity contribution < 1.29 is 0 Å². The summed E-state index contributed by atoms with van der Waals surface area (Å²) in [5, 5.41) is 1.03. The van der Waals surface area contributed by atoms with Crippen LogP contribution in [0.5, 0.6) is 0 Å². The van der Waals surface area contributed by atoms with Crippen molar-refractivity contribution in [3.8, 4) is 45.3 Å². The number of fused-ring (bicyclic) bond motifs is 5. The number of hydrogen-bond donors (Lipinski definition) is 0. The summed E-state index contributed by atoms with van der Waals surface area (Å²) >= 11 is 0. The lowest BCUT2D eigenvalue weighted by Gasteiger charge is -2.09. The van der Waals surface area contributed by atoms with E-state index in [4.69, 9.17) is 15.0 Å². The number of hydrogen-bond acceptors (Lipinski definition) is 5. The van der Waals surface area contributed by atoms with E-state index in [9.17, 15) is 9.59 Å². The summed E-state index contributed by atoms with van der Waals surface area (Å²) in [6.07, 6.45) is 0. The molecular formula is C35H21N5O2. The van der Waals surface area contributed by atoms with Gasteiger partial charge in [0.25, 0.3) is 11.1 Å². The molecule has 0 amide bonds. The summed E-state index contributed by atoms with van der Waals surface area (Å²) in [5.41, 5.74) is 5.00. The van der Waals surface area contributed by atoms with E-state index in [0.29, 0.717) is 39.3 Å². The summed E-state index contributed by atoms with van der Waals surface area (Å²) in [5.74, 6) is 1.74. The number of benzene rings is 5. The smallest absolute Gasteiger partial charge is 0.267 e. The normalized spacial score (nSPS) is 11.5. The van der Waals surface area contributed by atoms with E-state index in [-0.39, 0.29) is 11.1 Å². The predicted octanol–water partition coefficient (Wildman–Crippen LogP) is 6.36. The highest BCUT2D eigenvalue weighted by atomic mass is 16.2. The molecule has 0 aliphatic carbocycles. The fourth-order valence-corrected chi connectivity index (χ4v) is 5.60. The van der Waals surface area contributed by atoms with Crippen LogP contribution in [0, 0.1) is 0 Å². The summed E-state index contributed by atoms with van der Waals surface area (Å²) in [6.45, 7) is 0. The van der Waals surface area contributed by atoms with E-state index in [1.54, 1.807) is 10.6 Å². The van der Waals surface area contributed by atoms with Gasteiger partial charge in [0, 0.05) is 16.7 Å². The first-order valence-corrected chi connectivity index (χ1v) is 13.6. The van der Waals surface area contributed by atoms with Crippen LogP contribution < -0.4 is 11.1 Å². The Morgan fingerprint density at radius 1 is 0.405 bits per heavy atom. The van der Waals surface area contributed by atoms with E-state index >= 15 is 0 Å². The third-order valence-electron chi connectivity index (χ3n) is 7.59. The molecule has 0 saturated carbocycles. The van der Waals surface area contributed by atoms with Crippen molar-refractivity contribution in [3.05, 3.63) is 148 Å². The lowest BCUT2D eigenvalue weighted by atomic mass is 10.00. The van der Waals surface area contributed by atoms with Gasteiger partial charge in [0.1, 0.15) is 0 Å². The Labute approximate surface area is 239 Å². The molecule has 3 heterocycles. The van der Waals surface area contributed by atoms with Gasteiger partial charge in [-0.15, -0.1) is 0 Å². The second-order valence-corrected chi connectivity index (χ2v) is 10.1. The van der Waals surface area contributed by atoms with Gasteiger partial charge in [-0.1, -0.05) is 109 Å². The molecule has 5 aromatic carbocycles. The summed E-state index contributed by atoms with van der Waals surface area (Å²) in [6, 6.07) is 40.5. The van der Waals surface area contributed by atoms with Crippen LogP contribution >= 0.6 is 0 Å². The summed E-state index contributed by atoms with van der Waals surface area (Å²) < 4.78 is 2.95. The average molecular weight is 544 g/mol. The first-order chi connectivity index (χ1) is 20.7. The Morgan fingerprint density at radius 3 is 1.52 bits per heavy atom. The van der Waals surface area contributed by atoms with Gasteiger partial charge in [-0.25, -0.2) is 19.5 Å². The van der Waals surface area contributed by atoms with Gasteiger partial charge in [0.15, 0.2) is 17.5 Å². The standard InChI is InChI=1S/C35H21N5O2/c41-34-27-14-7-8-16-28(27)39-29-17-9-15-26(30(29)35(42)40(34)39)22-18-20-25(21-19-22)33-37-31(23-10-3-1-4-11-23)36-32(38-33)24-12-5-2-6-13-24/h1-21H. The van der Waals surface area contributed by atoms with Gasteiger partial charge >= 0.3 is 0 Å². The Morgan fingerprint density at radius 2 is 0.905 bits per heavy atom. The molecule has 0 aliphatic heterocycles. The van der Waals surface area contributed by atoms with E-state index in [1.165, 1.54) is 4.52 Å². The van der Waals surface area contributed by atoms with Crippen molar-refractivity contribution in [2.24, 2.45) is 0 Å². The van der Waals surface area contributed by atoms with Crippen LogP contribution in [0.2, 0.25) is 0 Å². The summed E-state index contributed by atoms with van der Waals surface area (Å²) in [4.78, 5) is 41.1. The molecule has 0 N–H and O–H groups in total. The van der Waals surface area contributed by atoms with Gasteiger partial charge in [-0.3, -0.25) is 9.59 Å². The maximum Gasteiger partial charge on any atom is 0.283 e. The minimum atomic E-state index is -0.330. The van der Waals surface area contributed by atoms with Gasteiger partial charge < -0.3 is 0 Å². The van der Waals surface area contributed by atoms with Gasteiger partial charge in [-0.2, -0.15) is 4.52 Å². The number of nitrogens with zero attached hydrogens (tertiary/aromatic N) is 5. The maximum absolute atomic E-state index is 13.6. The highest BCUT2D eigenvalue weighted by molar-refractivity contribution is 5.97. The van der Waals surface area contributed by atoms with Gasteiger partial charge in [-0.05, 0) is 29.3 Å². The second-order valence-electron chi connectivity index (χ2n) is 10.1. The Kier molecular flexibility index (Phi) is 5.30. The number of para-hydroxylation sites is 1. The molecule has 0 spiro atoms. The lowest BCUT2D eigenvalue weighted by Crippen LogP contribution is -2.21.